The molecular weight excluding hydrogens is 268 g/mol. The van der Waals surface area contributed by atoms with Crippen molar-refractivity contribution in [1.82, 2.24) is 10.6 Å². The molecule has 0 radical (unpaired) electrons. The van der Waals surface area contributed by atoms with Gasteiger partial charge in [-0.05, 0) is 50.0 Å². The van der Waals surface area contributed by atoms with Crippen LogP contribution in [0.25, 0.3) is 0 Å². The Morgan fingerprint density at radius 1 is 1.38 bits per heavy atom. The fraction of sp³-hybridized carbons (Fsp3) is 0.625. The van der Waals surface area contributed by atoms with Crippen LogP contribution in [0.2, 0.25) is 0 Å². The highest BCUT2D eigenvalue weighted by atomic mass is 16.3. The van der Waals surface area contributed by atoms with Crippen LogP contribution in [0.15, 0.2) is 23.0 Å². The van der Waals surface area contributed by atoms with Gasteiger partial charge in [-0.15, -0.1) is 0 Å². The molecule has 0 aromatic carbocycles. The molecule has 2 bridgehead atoms. The first-order valence-electron chi connectivity index (χ1n) is 7.73. The molecule has 5 nitrogen and oxygen atoms in total. The van der Waals surface area contributed by atoms with Crippen LogP contribution < -0.4 is 10.6 Å². The Morgan fingerprint density at radius 3 is 2.86 bits per heavy atom. The van der Waals surface area contributed by atoms with E-state index in [2.05, 4.69) is 17.6 Å². The van der Waals surface area contributed by atoms with E-state index < -0.39 is 0 Å². The monoisotopic (exact) mass is 290 g/mol. The highest BCUT2D eigenvalue weighted by Crippen LogP contribution is 2.49. The van der Waals surface area contributed by atoms with Crippen molar-refractivity contribution in [3.63, 3.8) is 0 Å². The van der Waals surface area contributed by atoms with Crippen molar-refractivity contribution in [2.75, 3.05) is 6.54 Å². The van der Waals surface area contributed by atoms with Crippen molar-refractivity contribution in [3.8, 4) is 0 Å². The summed E-state index contributed by atoms with van der Waals surface area (Å²) in [7, 11) is 0. The van der Waals surface area contributed by atoms with E-state index in [4.69, 9.17) is 4.42 Å². The lowest BCUT2D eigenvalue weighted by atomic mass is 9.84. The van der Waals surface area contributed by atoms with Gasteiger partial charge < -0.3 is 15.1 Å². The fourth-order valence-corrected chi connectivity index (χ4v) is 3.97. The summed E-state index contributed by atoms with van der Waals surface area (Å²) in [5, 5.41) is 5.63. The van der Waals surface area contributed by atoms with Crippen molar-refractivity contribution in [1.29, 1.82) is 0 Å². The molecule has 3 rings (SSSR count). The molecule has 0 spiro atoms. The molecular formula is C16H22N2O3. The number of hydrogen-bond donors (Lipinski definition) is 2. The van der Waals surface area contributed by atoms with Gasteiger partial charge in [-0.2, -0.15) is 0 Å². The SMILES string of the molecule is C[C@H](NC(=O)CNC(=O)c1ccoc1)[C@H]1C[C@H]2CC[C@H]1C2. The molecule has 2 fully saturated rings. The van der Waals surface area contributed by atoms with Crippen LogP contribution in [0, 0.1) is 17.8 Å². The predicted octanol–water partition coefficient (Wildman–Crippen LogP) is 1.95. The molecule has 1 aromatic heterocycles. The third kappa shape index (κ3) is 3.12. The lowest BCUT2D eigenvalue weighted by Crippen LogP contribution is -2.44. The summed E-state index contributed by atoms with van der Waals surface area (Å²) < 4.78 is 4.84. The number of amides is 2. The average molecular weight is 290 g/mol. The average Bonchev–Trinajstić information content (AvgIpc) is 3.20. The van der Waals surface area contributed by atoms with Gasteiger partial charge in [-0.3, -0.25) is 9.59 Å². The van der Waals surface area contributed by atoms with Crippen molar-refractivity contribution in [2.24, 2.45) is 17.8 Å². The highest BCUT2D eigenvalue weighted by Gasteiger charge is 2.42. The molecule has 2 N–H and O–H groups in total. The van der Waals surface area contributed by atoms with E-state index in [1.165, 1.54) is 38.2 Å². The van der Waals surface area contributed by atoms with Crippen LogP contribution >= 0.6 is 0 Å². The molecule has 1 heterocycles. The molecule has 4 atom stereocenters. The zero-order valence-corrected chi connectivity index (χ0v) is 12.3. The number of rotatable bonds is 5. The maximum atomic E-state index is 11.9. The van der Waals surface area contributed by atoms with E-state index in [1.54, 1.807) is 6.07 Å². The normalized spacial score (nSPS) is 28.3. The van der Waals surface area contributed by atoms with Gasteiger partial charge in [-0.1, -0.05) is 6.42 Å². The van der Waals surface area contributed by atoms with E-state index in [0.717, 1.165) is 11.8 Å². The van der Waals surface area contributed by atoms with Crippen molar-refractivity contribution in [2.45, 2.75) is 38.6 Å². The van der Waals surface area contributed by atoms with E-state index in [-0.39, 0.29) is 24.4 Å². The summed E-state index contributed by atoms with van der Waals surface area (Å²) in [4.78, 5) is 23.6. The quantitative estimate of drug-likeness (QED) is 0.870. The van der Waals surface area contributed by atoms with Crippen LogP contribution in [0.3, 0.4) is 0 Å². The molecule has 2 aliphatic carbocycles. The van der Waals surface area contributed by atoms with Gasteiger partial charge >= 0.3 is 0 Å². The molecule has 0 aliphatic heterocycles. The first-order valence-corrected chi connectivity index (χ1v) is 7.73. The van der Waals surface area contributed by atoms with Crippen molar-refractivity contribution < 1.29 is 14.0 Å². The Labute approximate surface area is 124 Å². The van der Waals surface area contributed by atoms with Gasteiger partial charge in [0.25, 0.3) is 5.91 Å². The number of fused-ring (bicyclic) bond motifs is 2. The number of carbonyl (C=O) groups is 2. The minimum absolute atomic E-state index is 0.00910. The minimum atomic E-state index is -0.286. The van der Waals surface area contributed by atoms with Crippen LogP contribution in [0.1, 0.15) is 43.0 Å². The first-order chi connectivity index (χ1) is 10.1. The Kier molecular flexibility index (Phi) is 3.99. The Balaban J connectivity index is 1.43. The maximum absolute atomic E-state index is 11.9. The summed E-state index contributed by atoms with van der Waals surface area (Å²) in [5.74, 6) is 1.86. The number of carbonyl (C=O) groups excluding carboxylic acids is 2. The van der Waals surface area contributed by atoms with Crippen LogP contribution in [0.5, 0.6) is 0 Å². The molecule has 2 amide bonds. The third-order valence-electron chi connectivity index (χ3n) is 5.02. The van der Waals surface area contributed by atoms with Crippen molar-refractivity contribution >= 4 is 11.8 Å². The summed E-state index contributed by atoms with van der Waals surface area (Å²) in [6.07, 6.45) is 8.06. The van der Waals surface area contributed by atoms with Gasteiger partial charge in [0.05, 0.1) is 18.4 Å². The smallest absolute Gasteiger partial charge is 0.254 e. The standard InChI is InChI=1S/C16H22N2O3/c1-10(14-7-11-2-3-12(14)6-11)18-15(19)8-17-16(20)13-4-5-21-9-13/h4-5,9-12,14H,2-3,6-8H2,1H3,(H,17,20)(H,18,19)/t10-,11-,12-,14+/m0/s1. The first kappa shape index (κ1) is 14.2. The highest BCUT2D eigenvalue weighted by molar-refractivity contribution is 5.96. The van der Waals surface area contributed by atoms with Gasteiger partial charge in [0.15, 0.2) is 0 Å². The van der Waals surface area contributed by atoms with Crippen LogP contribution in [0.4, 0.5) is 0 Å². The van der Waals surface area contributed by atoms with Crippen molar-refractivity contribution in [3.05, 3.63) is 24.2 Å². The second kappa shape index (κ2) is 5.92. The van der Waals surface area contributed by atoms with E-state index in [9.17, 15) is 9.59 Å². The summed E-state index contributed by atoms with van der Waals surface area (Å²) in [5.41, 5.74) is 0.434. The second-order valence-electron chi connectivity index (χ2n) is 6.39. The predicted molar refractivity (Wildman–Crippen MR) is 77.6 cm³/mol. The molecule has 1 aromatic rings. The maximum Gasteiger partial charge on any atom is 0.254 e. The molecule has 2 saturated carbocycles. The molecule has 0 unspecified atom stereocenters. The Hall–Kier alpha value is -1.78. The van der Waals surface area contributed by atoms with E-state index in [0.29, 0.717) is 11.5 Å². The fourth-order valence-electron chi connectivity index (χ4n) is 3.97. The van der Waals surface area contributed by atoms with Gasteiger partial charge in [0.1, 0.15) is 6.26 Å². The Morgan fingerprint density at radius 2 is 2.24 bits per heavy atom. The number of hydrogen-bond acceptors (Lipinski definition) is 3. The zero-order valence-electron chi connectivity index (χ0n) is 12.3. The molecule has 114 valence electrons. The zero-order chi connectivity index (χ0) is 14.8. The third-order valence-corrected chi connectivity index (χ3v) is 5.02. The largest absolute Gasteiger partial charge is 0.472 e. The van der Waals surface area contributed by atoms with Gasteiger partial charge in [0.2, 0.25) is 5.91 Å². The van der Waals surface area contributed by atoms with E-state index >= 15 is 0 Å². The molecule has 0 saturated heterocycles. The lowest BCUT2D eigenvalue weighted by molar-refractivity contribution is -0.121. The number of furan rings is 1. The van der Waals surface area contributed by atoms with Crippen LogP contribution in [-0.4, -0.2) is 24.4 Å². The van der Waals surface area contributed by atoms with Crippen LogP contribution in [-0.2, 0) is 4.79 Å². The Bertz CT molecular complexity index is 512. The van der Waals surface area contributed by atoms with E-state index in [1.807, 2.05) is 0 Å². The molecule has 2 aliphatic rings. The molecule has 21 heavy (non-hydrogen) atoms. The summed E-state index contributed by atoms with van der Waals surface area (Å²) >= 11 is 0. The van der Waals surface area contributed by atoms with Gasteiger partial charge in [0, 0.05) is 6.04 Å². The number of nitrogens with one attached hydrogen (secondary N) is 2. The second-order valence-corrected chi connectivity index (χ2v) is 6.39. The topological polar surface area (TPSA) is 71.3 Å². The van der Waals surface area contributed by atoms with Gasteiger partial charge in [-0.25, -0.2) is 0 Å². The summed E-state index contributed by atoms with van der Waals surface area (Å²) in [6.45, 7) is 2.09. The minimum Gasteiger partial charge on any atom is -0.472 e. The molecule has 5 heteroatoms. The summed E-state index contributed by atoms with van der Waals surface area (Å²) in [6, 6.07) is 1.77. The lowest BCUT2D eigenvalue weighted by Gasteiger charge is -2.28.